The summed E-state index contributed by atoms with van der Waals surface area (Å²) < 4.78 is 51.1. The molecule has 0 radical (unpaired) electrons. The number of fused-ring (bicyclic) bond motifs is 1. The Morgan fingerprint density at radius 2 is 1.84 bits per heavy atom. The van der Waals surface area contributed by atoms with Crippen molar-refractivity contribution in [3.8, 4) is 16.9 Å². The van der Waals surface area contributed by atoms with Crippen LogP contribution in [0.2, 0.25) is 10.0 Å². The highest BCUT2D eigenvalue weighted by Crippen LogP contribution is 2.39. The molecule has 1 atom stereocenters. The van der Waals surface area contributed by atoms with Crippen LogP contribution in [0.15, 0.2) is 54.6 Å². The molecular formula is C29H29Cl2FN4O6S. The maximum absolute atomic E-state index is 15.6. The first-order valence-corrected chi connectivity index (χ1v) is 15.3. The average molecular weight is 652 g/mol. The highest BCUT2D eigenvalue weighted by molar-refractivity contribution is 7.73. The largest absolute Gasteiger partial charge is 0.482 e. The minimum atomic E-state index is -2.87. The topological polar surface area (TPSA) is 108 Å². The number of nitrogens with one attached hydrogen (secondary N) is 1. The lowest BCUT2D eigenvalue weighted by atomic mass is 9.98. The van der Waals surface area contributed by atoms with Gasteiger partial charge in [0.15, 0.2) is 6.61 Å². The highest BCUT2D eigenvalue weighted by atomic mass is 35.5. The lowest BCUT2D eigenvalue weighted by Crippen LogP contribution is -2.48. The third kappa shape index (κ3) is 7.22. The summed E-state index contributed by atoms with van der Waals surface area (Å²) in [4.78, 5) is 31.5. The van der Waals surface area contributed by atoms with Crippen LogP contribution in [0.1, 0.15) is 11.6 Å². The maximum atomic E-state index is 15.6. The van der Waals surface area contributed by atoms with Gasteiger partial charge < -0.3 is 14.4 Å². The van der Waals surface area contributed by atoms with Crippen molar-refractivity contribution in [2.24, 2.45) is 0 Å². The summed E-state index contributed by atoms with van der Waals surface area (Å²) in [6, 6.07) is 13.6. The number of nitrogens with zero attached hydrogens (tertiary/aromatic N) is 3. The lowest BCUT2D eigenvalue weighted by Gasteiger charge is -2.37. The minimum Gasteiger partial charge on any atom is -0.482 e. The fourth-order valence-corrected chi connectivity index (χ4v) is 5.77. The predicted octanol–water partition coefficient (Wildman–Crippen LogP) is 4.00. The Morgan fingerprint density at radius 1 is 1.09 bits per heavy atom. The van der Waals surface area contributed by atoms with Gasteiger partial charge in [0.05, 0.1) is 35.0 Å². The van der Waals surface area contributed by atoms with Crippen LogP contribution in [0.3, 0.4) is 0 Å². The normalized spacial score (nSPS) is 16.0. The van der Waals surface area contributed by atoms with E-state index >= 15 is 4.39 Å². The molecule has 228 valence electrons. The average Bonchev–Trinajstić information content (AvgIpc) is 2.98. The number of anilines is 2. The minimum absolute atomic E-state index is 0.216. The number of amides is 2. The van der Waals surface area contributed by atoms with Crippen molar-refractivity contribution in [2.75, 3.05) is 62.7 Å². The van der Waals surface area contributed by atoms with Gasteiger partial charge in [0.1, 0.15) is 18.1 Å². The number of morpholine rings is 1. The molecule has 0 aliphatic carbocycles. The van der Waals surface area contributed by atoms with Crippen molar-refractivity contribution in [1.82, 2.24) is 9.80 Å². The van der Waals surface area contributed by atoms with E-state index in [-0.39, 0.29) is 34.7 Å². The van der Waals surface area contributed by atoms with Gasteiger partial charge in [-0.2, -0.15) is 0 Å². The highest BCUT2D eigenvalue weighted by Gasteiger charge is 2.32. The van der Waals surface area contributed by atoms with E-state index in [1.54, 1.807) is 43.4 Å². The summed E-state index contributed by atoms with van der Waals surface area (Å²) >= 11 is 12.3. The van der Waals surface area contributed by atoms with E-state index in [1.807, 2.05) is 0 Å². The fraction of sp³-hybridized carbons (Fsp3) is 0.310. The number of likely N-dealkylation sites (N-methyl/N-ethyl adjacent to an activating group) is 1. The van der Waals surface area contributed by atoms with Crippen LogP contribution in [0.25, 0.3) is 11.1 Å². The van der Waals surface area contributed by atoms with Crippen LogP contribution >= 0.6 is 23.2 Å². The van der Waals surface area contributed by atoms with Crippen LogP contribution in [-0.2, 0) is 25.2 Å². The Morgan fingerprint density at radius 3 is 2.56 bits per heavy atom. The third-order valence-electron chi connectivity index (χ3n) is 7.41. The van der Waals surface area contributed by atoms with Gasteiger partial charge in [-0.1, -0.05) is 47.5 Å². The van der Waals surface area contributed by atoms with E-state index in [9.17, 15) is 18.0 Å². The van der Waals surface area contributed by atoms with Crippen molar-refractivity contribution in [3.63, 3.8) is 0 Å². The lowest BCUT2D eigenvalue weighted by molar-refractivity contribution is -0.133. The first-order chi connectivity index (χ1) is 20.6. The molecule has 14 heteroatoms. The van der Waals surface area contributed by atoms with Gasteiger partial charge in [0, 0.05) is 44.0 Å². The third-order valence-corrected chi connectivity index (χ3v) is 8.57. The van der Waals surface area contributed by atoms with Crippen molar-refractivity contribution in [1.29, 1.82) is 0 Å². The Bertz CT molecular complexity index is 1610. The second kappa shape index (κ2) is 13.5. The molecule has 43 heavy (non-hydrogen) atoms. The second-order valence-electron chi connectivity index (χ2n) is 10.1. The Balaban J connectivity index is 1.43. The van der Waals surface area contributed by atoms with E-state index in [0.717, 1.165) is 0 Å². The molecule has 1 saturated heterocycles. The zero-order chi connectivity index (χ0) is 30.7. The molecular weight excluding hydrogens is 622 g/mol. The van der Waals surface area contributed by atoms with Gasteiger partial charge in [-0.25, -0.2) is 12.8 Å². The molecule has 3 aromatic carbocycles. The van der Waals surface area contributed by atoms with Crippen LogP contribution in [-0.4, -0.2) is 83.1 Å². The molecule has 0 aromatic heterocycles. The number of thiol groups is 1. The summed E-state index contributed by atoms with van der Waals surface area (Å²) in [6.45, 7) is 2.25. The summed E-state index contributed by atoms with van der Waals surface area (Å²) in [5.41, 5.74) is 1.98. The van der Waals surface area contributed by atoms with Gasteiger partial charge >= 0.3 is 0 Å². The molecule has 2 heterocycles. The molecule has 0 saturated carbocycles. The fourth-order valence-electron chi connectivity index (χ4n) is 5.10. The summed E-state index contributed by atoms with van der Waals surface area (Å²) in [5.74, 6) is -0.974. The number of carbonyl (C=O) groups excluding carboxylic acids is 2. The standard InChI is InChI=1S/C29H29Cl2FN4O6S/c1-34(28(37)16-36-25-13-22(30)23(31)14-27(25)42-17-29(36)38)26(15-35-7-9-41-10-8-35)19-5-6-21(24(32)12-19)18-3-2-4-20(11-18)33-43(39)40/h2-6,11-14,26,43H,7-10,15-17H2,1H3,(H,33,39,40). The quantitative estimate of drug-likeness (QED) is 0.337. The molecule has 2 aliphatic heterocycles. The number of halogens is 3. The van der Waals surface area contributed by atoms with Crippen LogP contribution < -0.4 is 14.4 Å². The zero-order valence-electron chi connectivity index (χ0n) is 23.1. The molecule has 1 unspecified atom stereocenters. The Labute approximate surface area is 259 Å². The van der Waals surface area contributed by atoms with Crippen LogP contribution in [0, 0.1) is 5.82 Å². The molecule has 2 amide bonds. The zero-order valence-corrected chi connectivity index (χ0v) is 25.5. The molecule has 0 bridgehead atoms. The van der Waals surface area contributed by atoms with Gasteiger partial charge in [0.25, 0.3) is 5.91 Å². The number of benzene rings is 3. The number of rotatable bonds is 9. The van der Waals surface area contributed by atoms with E-state index in [2.05, 4.69) is 9.62 Å². The van der Waals surface area contributed by atoms with Crippen LogP contribution in [0.5, 0.6) is 5.75 Å². The van der Waals surface area contributed by atoms with Gasteiger partial charge in [0.2, 0.25) is 16.8 Å². The van der Waals surface area contributed by atoms with Crippen LogP contribution in [0.4, 0.5) is 15.8 Å². The van der Waals surface area contributed by atoms with E-state index in [4.69, 9.17) is 32.7 Å². The second-order valence-corrected chi connectivity index (χ2v) is 11.7. The summed E-state index contributed by atoms with van der Waals surface area (Å²) in [7, 11) is -1.24. The SMILES string of the molecule is CN(C(=O)CN1C(=O)COc2cc(Cl)c(Cl)cc21)C(CN1CCOCC1)c1ccc(-c2cccc(N[SH](=O)=O)c2)c(F)c1. The van der Waals surface area contributed by atoms with Gasteiger partial charge in [-0.15, -0.1) is 0 Å². The molecule has 5 rings (SSSR count). The van der Waals surface area contributed by atoms with Crippen molar-refractivity contribution < 1.29 is 31.9 Å². The van der Waals surface area contributed by atoms with Gasteiger partial charge in [-0.3, -0.25) is 24.1 Å². The molecule has 1 fully saturated rings. The van der Waals surface area contributed by atoms with Crippen molar-refractivity contribution in [3.05, 3.63) is 76.0 Å². The first-order valence-electron chi connectivity index (χ1n) is 13.4. The maximum Gasteiger partial charge on any atom is 0.265 e. The summed E-state index contributed by atoms with van der Waals surface area (Å²) in [6.07, 6.45) is 0. The summed E-state index contributed by atoms with van der Waals surface area (Å²) in [5, 5.41) is 0.478. The number of ether oxygens (including phenoxy) is 2. The molecule has 2 aliphatic rings. The molecule has 3 aromatic rings. The smallest absolute Gasteiger partial charge is 0.265 e. The molecule has 0 spiro atoms. The van der Waals surface area contributed by atoms with Crippen molar-refractivity contribution in [2.45, 2.75) is 6.04 Å². The van der Waals surface area contributed by atoms with E-state index in [0.29, 0.717) is 61.1 Å². The number of hydrogen-bond acceptors (Lipinski definition) is 7. The predicted molar refractivity (Wildman–Crippen MR) is 163 cm³/mol. The molecule has 10 nitrogen and oxygen atoms in total. The first kappa shape index (κ1) is 31.0. The monoisotopic (exact) mass is 650 g/mol. The Hall–Kier alpha value is -3.42. The number of carbonyl (C=O) groups is 2. The van der Waals surface area contributed by atoms with Gasteiger partial charge in [-0.05, 0) is 35.4 Å². The van der Waals surface area contributed by atoms with E-state index < -0.39 is 28.7 Å². The Kier molecular flexibility index (Phi) is 9.72. The molecule has 1 N–H and O–H groups in total. The van der Waals surface area contributed by atoms with Crippen molar-refractivity contribution >= 4 is 57.3 Å². The van der Waals surface area contributed by atoms with E-state index in [1.165, 1.54) is 28.0 Å². The number of hydrogen-bond donors (Lipinski definition) is 2.